The number of ether oxygens (including phenoxy) is 1. The number of nitrogens with two attached hydrogens (primary N) is 1. The highest BCUT2D eigenvalue weighted by Gasteiger charge is 2.00. The summed E-state index contributed by atoms with van der Waals surface area (Å²) in [5.41, 5.74) is 5.82. The third kappa shape index (κ3) is 2.79. The van der Waals surface area contributed by atoms with Gasteiger partial charge >= 0.3 is 0 Å². The number of rotatable bonds is 4. The molecule has 0 fully saturated rings. The molecule has 0 aliphatic rings. The molecule has 0 aliphatic heterocycles. The molecule has 1 heterocycles. The summed E-state index contributed by atoms with van der Waals surface area (Å²) < 4.78 is 5.14. The SMILES string of the molecule is C=CCOc1cncc(C(N)=S)n1. The van der Waals surface area contributed by atoms with Crippen molar-refractivity contribution in [3.8, 4) is 5.88 Å². The van der Waals surface area contributed by atoms with Gasteiger partial charge in [0.15, 0.2) is 0 Å². The van der Waals surface area contributed by atoms with Crippen LogP contribution in [-0.2, 0) is 0 Å². The molecule has 0 saturated heterocycles. The Morgan fingerprint density at radius 3 is 3.08 bits per heavy atom. The summed E-state index contributed by atoms with van der Waals surface area (Å²) in [6, 6.07) is 0. The highest BCUT2D eigenvalue weighted by Crippen LogP contribution is 2.04. The number of hydrogen-bond acceptors (Lipinski definition) is 4. The van der Waals surface area contributed by atoms with Crippen LogP contribution in [0.4, 0.5) is 0 Å². The van der Waals surface area contributed by atoms with Crippen LogP contribution in [0.25, 0.3) is 0 Å². The van der Waals surface area contributed by atoms with E-state index in [1.807, 2.05) is 0 Å². The van der Waals surface area contributed by atoms with Crippen LogP contribution >= 0.6 is 12.2 Å². The molecule has 5 heteroatoms. The van der Waals surface area contributed by atoms with Crippen molar-refractivity contribution in [2.24, 2.45) is 5.73 Å². The quantitative estimate of drug-likeness (QED) is 0.565. The lowest BCUT2D eigenvalue weighted by molar-refractivity contribution is 0.347. The van der Waals surface area contributed by atoms with E-state index in [0.29, 0.717) is 18.2 Å². The van der Waals surface area contributed by atoms with E-state index in [4.69, 9.17) is 22.7 Å². The van der Waals surface area contributed by atoms with Gasteiger partial charge in [-0.05, 0) is 0 Å². The molecule has 0 aromatic carbocycles. The van der Waals surface area contributed by atoms with Crippen LogP contribution in [0.5, 0.6) is 5.88 Å². The summed E-state index contributed by atoms with van der Waals surface area (Å²) in [6.07, 6.45) is 4.60. The number of nitrogens with zero attached hydrogens (tertiary/aromatic N) is 2. The molecular weight excluding hydrogens is 186 g/mol. The summed E-state index contributed by atoms with van der Waals surface area (Å²) in [5, 5.41) is 0. The molecule has 1 aromatic rings. The Bertz CT molecular complexity index is 327. The highest BCUT2D eigenvalue weighted by molar-refractivity contribution is 7.80. The monoisotopic (exact) mass is 195 g/mol. The van der Waals surface area contributed by atoms with E-state index in [1.165, 1.54) is 12.4 Å². The van der Waals surface area contributed by atoms with Gasteiger partial charge in [-0.3, -0.25) is 4.98 Å². The number of thiocarbonyl (C=S) groups is 1. The Kier molecular flexibility index (Phi) is 3.33. The van der Waals surface area contributed by atoms with Gasteiger partial charge in [-0.25, -0.2) is 4.98 Å². The van der Waals surface area contributed by atoms with Crippen LogP contribution in [0.1, 0.15) is 5.69 Å². The fraction of sp³-hybridized carbons (Fsp3) is 0.125. The minimum atomic E-state index is 0.205. The van der Waals surface area contributed by atoms with Gasteiger partial charge in [0.25, 0.3) is 0 Å². The smallest absolute Gasteiger partial charge is 0.233 e. The lowest BCUT2D eigenvalue weighted by Crippen LogP contribution is -2.12. The molecule has 0 unspecified atom stereocenters. The van der Waals surface area contributed by atoms with E-state index in [-0.39, 0.29) is 4.99 Å². The van der Waals surface area contributed by atoms with Gasteiger partial charge in [0.2, 0.25) is 5.88 Å². The van der Waals surface area contributed by atoms with Crippen LogP contribution in [0.3, 0.4) is 0 Å². The molecule has 0 bridgehead atoms. The van der Waals surface area contributed by atoms with Gasteiger partial charge < -0.3 is 10.5 Å². The van der Waals surface area contributed by atoms with Crippen molar-refractivity contribution in [3.05, 3.63) is 30.7 Å². The summed E-state index contributed by atoms with van der Waals surface area (Å²) in [7, 11) is 0. The molecule has 2 N–H and O–H groups in total. The van der Waals surface area contributed by atoms with Crippen molar-refractivity contribution in [2.75, 3.05) is 6.61 Å². The molecular formula is C8H9N3OS. The minimum absolute atomic E-state index is 0.205. The lowest BCUT2D eigenvalue weighted by atomic mass is 10.4. The maximum atomic E-state index is 5.36. The van der Waals surface area contributed by atoms with Crippen LogP contribution in [0.15, 0.2) is 25.0 Å². The van der Waals surface area contributed by atoms with Crippen molar-refractivity contribution >= 4 is 17.2 Å². The topological polar surface area (TPSA) is 61.0 Å². The molecule has 0 radical (unpaired) electrons. The van der Waals surface area contributed by atoms with E-state index in [1.54, 1.807) is 6.08 Å². The highest BCUT2D eigenvalue weighted by atomic mass is 32.1. The zero-order valence-corrected chi connectivity index (χ0v) is 7.75. The number of hydrogen-bond donors (Lipinski definition) is 1. The van der Waals surface area contributed by atoms with Gasteiger partial charge in [-0.15, -0.1) is 0 Å². The summed E-state index contributed by atoms with van der Waals surface area (Å²) in [4.78, 5) is 8.09. The summed E-state index contributed by atoms with van der Waals surface area (Å²) in [6.45, 7) is 3.89. The zero-order chi connectivity index (χ0) is 9.68. The Labute approximate surface area is 81.5 Å². The van der Waals surface area contributed by atoms with E-state index >= 15 is 0 Å². The Hall–Kier alpha value is -1.49. The average molecular weight is 195 g/mol. The summed E-state index contributed by atoms with van der Waals surface area (Å²) in [5.74, 6) is 0.394. The second-order valence-electron chi connectivity index (χ2n) is 2.21. The largest absolute Gasteiger partial charge is 0.472 e. The van der Waals surface area contributed by atoms with Crippen molar-refractivity contribution in [1.29, 1.82) is 0 Å². The van der Waals surface area contributed by atoms with Crippen molar-refractivity contribution < 1.29 is 4.74 Å². The van der Waals surface area contributed by atoms with Crippen molar-refractivity contribution in [3.63, 3.8) is 0 Å². The first-order chi connectivity index (χ1) is 6.24. The molecule has 0 amide bonds. The fourth-order valence-electron chi connectivity index (χ4n) is 0.681. The molecule has 0 atom stereocenters. The van der Waals surface area contributed by atoms with Gasteiger partial charge in [-0.2, -0.15) is 0 Å². The van der Waals surface area contributed by atoms with E-state index < -0.39 is 0 Å². The molecule has 0 aliphatic carbocycles. The molecule has 0 saturated carbocycles. The third-order valence-corrected chi connectivity index (χ3v) is 1.42. The van der Waals surface area contributed by atoms with Crippen LogP contribution in [0.2, 0.25) is 0 Å². The molecule has 4 nitrogen and oxygen atoms in total. The van der Waals surface area contributed by atoms with Crippen LogP contribution in [-0.4, -0.2) is 21.6 Å². The standard InChI is InChI=1S/C8H9N3OS/c1-2-3-12-7-5-10-4-6(11-7)8(9)13/h2,4-5H,1,3H2,(H2,9,13). The fourth-order valence-corrected chi connectivity index (χ4v) is 0.779. The molecule has 68 valence electrons. The van der Waals surface area contributed by atoms with Gasteiger partial charge in [-0.1, -0.05) is 24.9 Å². The van der Waals surface area contributed by atoms with Crippen LogP contribution in [0, 0.1) is 0 Å². The van der Waals surface area contributed by atoms with Gasteiger partial charge in [0, 0.05) is 0 Å². The average Bonchev–Trinajstić information content (AvgIpc) is 2.15. The molecule has 1 rings (SSSR count). The molecule has 0 spiro atoms. The Morgan fingerprint density at radius 2 is 2.46 bits per heavy atom. The van der Waals surface area contributed by atoms with Crippen LogP contribution < -0.4 is 10.5 Å². The maximum absolute atomic E-state index is 5.36. The second kappa shape index (κ2) is 4.51. The molecule has 1 aromatic heterocycles. The summed E-state index contributed by atoms with van der Waals surface area (Å²) >= 11 is 4.73. The normalized spacial score (nSPS) is 9.23. The Morgan fingerprint density at radius 1 is 1.69 bits per heavy atom. The molecule has 13 heavy (non-hydrogen) atoms. The first kappa shape index (κ1) is 9.60. The van der Waals surface area contributed by atoms with Gasteiger partial charge in [0.05, 0.1) is 12.4 Å². The maximum Gasteiger partial charge on any atom is 0.233 e. The first-order valence-electron chi connectivity index (χ1n) is 3.59. The third-order valence-electron chi connectivity index (χ3n) is 1.21. The minimum Gasteiger partial charge on any atom is -0.472 e. The van der Waals surface area contributed by atoms with Crippen molar-refractivity contribution in [2.45, 2.75) is 0 Å². The first-order valence-corrected chi connectivity index (χ1v) is 4.00. The predicted molar refractivity (Wildman–Crippen MR) is 53.6 cm³/mol. The van der Waals surface area contributed by atoms with E-state index in [2.05, 4.69) is 16.5 Å². The van der Waals surface area contributed by atoms with E-state index in [9.17, 15) is 0 Å². The zero-order valence-electron chi connectivity index (χ0n) is 6.93. The second-order valence-corrected chi connectivity index (χ2v) is 2.65. The number of aromatic nitrogens is 2. The van der Waals surface area contributed by atoms with Crippen molar-refractivity contribution in [1.82, 2.24) is 9.97 Å². The lowest BCUT2D eigenvalue weighted by Gasteiger charge is -2.02. The Balaban J connectivity index is 2.79. The van der Waals surface area contributed by atoms with E-state index in [0.717, 1.165) is 0 Å². The predicted octanol–water partition coefficient (Wildman–Crippen LogP) is 0.676. The van der Waals surface area contributed by atoms with Gasteiger partial charge in [0.1, 0.15) is 17.3 Å².